The van der Waals surface area contributed by atoms with Gasteiger partial charge in [-0.25, -0.2) is 13.7 Å². The summed E-state index contributed by atoms with van der Waals surface area (Å²) in [6, 6.07) is 16.4. The first-order valence-electron chi connectivity index (χ1n) is 9.18. The number of hydrogen-bond acceptors (Lipinski definition) is 4. The summed E-state index contributed by atoms with van der Waals surface area (Å²) < 4.78 is 20.6. The summed E-state index contributed by atoms with van der Waals surface area (Å²) in [5.74, 6) is -0.356. The summed E-state index contributed by atoms with van der Waals surface area (Å²) in [4.78, 5) is 12.0. The van der Waals surface area contributed by atoms with Crippen molar-refractivity contribution in [2.24, 2.45) is 0 Å². The van der Waals surface area contributed by atoms with Crippen LogP contribution in [0.4, 0.5) is 0 Å². The smallest absolute Gasteiger partial charge is 0.338 e. The lowest BCUT2D eigenvalue weighted by Crippen LogP contribution is -2.36. The summed E-state index contributed by atoms with van der Waals surface area (Å²) in [6.45, 7) is 7.82. The molecule has 0 amide bonds. The number of benzene rings is 2. The monoisotopic (exact) mass is 398 g/mol. The Balaban J connectivity index is 2.31. The maximum atomic E-state index is 12.7. The van der Waals surface area contributed by atoms with Crippen LogP contribution >= 0.6 is 0 Å². The lowest BCUT2D eigenvalue weighted by molar-refractivity contribution is 0.0526. The summed E-state index contributed by atoms with van der Waals surface area (Å²) in [5.41, 5.74) is 2.93. The van der Waals surface area contributed by atoms with Gasteiger partial charge in [0.15, 0.2) is 0 Å². The first kappa shape index (κ1) is 21.8. The van der Waals surface area contributed by atoms with Gasteiger partial charge in [-0.3, -0.25) is 0 Å². The van der Waals surface area contributed by atoms with Gasteiger partial charge in [-0.2, -0.15) is 5.26 Å². The van der Waals surface area contributed by atoms with E-state index in [0.29, 0.717) is 24.2 Å². The van der Waals surface area contributed by atoms with E-state index in [-0.39, 0.29) is 12.0 Å². The minimum Gasteiger partial charge on any atom is -0.462 e. The number of rotatable bonds is 7. The molecule has 1 unspecified atom stereocenters. The summed E-state index contributed by atoms with van der Waals surface area (Å²) >= 11 is 0. The SMILES string of the molecule is CCOC(=O)c1cccc(C[C@@H](NS(=O)C(C)(C)C)c2ccc(C#N)cc2)c1. The normalized spacial score (nSPS) is 13.4. The number of nitrogens with zero attached hydrogens (tertiary/aromatic N) is 1. The van der Waals surface area contributed by atoms with Crippen molar-refractivity contribution >= 4 is 17.0 Å². The molecule has 2 aromatic carbocycles. The summed E-state index contributed by atoms with van der Waals surface area (Å²) in [7, 11) is -1.27. The Morgan fingerprint density at radius 3 is 2.46 bits per heavy atom. The maximum absolute atomic E-state index is 12.7. The molecule has 0 saturated carbocycles. The molecule has 28 heavy (non-hydrogen) atoms. The molecule has 0 bridgehead atoms. The zero-order valence-corrected chi connectivity index (χ0v) is 17.5. The lowest BCUT2D eigenvalue weighted by atomic mass is 9.98. The number of nitriles is 1. The maximum Gasteiger partial charge on any atom is 0.338 e. The van der Waals surface area contributed by atoms with Gasteiger partial charge in [-0.15, -0.1) is 0 Å². The molecule has 0 saturated heterocycles. The van der Waals surface area contributed by atoms with Crippen LogP contribution in [0.3, 0.4) is 0 Å². The highest BCUT2D eigenvalue weighted by atomic mass is 32.2. The first-order chi connectivity index (χ1) is 13.2. The number of nitrogens with one attached hydrogen (secondary N) is 1. The van der Waals surface area contributed by atoms with Gasteiger partial charge in [0.05, 0.1) is 39.5 Å². The van der Waals surface area contributed by atoms with Gasteiger partial charge in [0.25, 0.3) is 0 Å². The Morgan fingerprint density at radius 2 is 1.89 bits per heavy atom. The van der Waals surface area contributed by atoms with Crippen LogP contribution in [0.15, 0.2) is 48.5 Å². The number of ether oxygens (including phenoxy) is 1. The standard InChI is InChI=1S/C22H26N2O3S/c1-5-27-21(25)19-8-6-7-17(13-19)14-20(24-28(26)22(2,3)4)18-11-9-16(15-23)10-12-18/h6-13,20,24H,5,14H2,1-4H3/t20-,28?/m1/s1. The third kappa shape index (κ3) is 6.01. The molecular weight excluding hydrogens is 372 g/mol. The Bertz CT molecular complexity index is 880. The molecule has 0 aliphatic carbocycles. The highest BCUT2D eigenvalue weighted by Crippen LogP contribution is 2.23. The van der Waals surface area contributed by atoms with Gasteiger partial charge >= 0.3 is 5.97 Å². The van der Waals surface area contributed by atoms with Crippen LogP contribution in [0.2, 0.25) is 0 Å². The molecule has 2 aromatic rings. The van der Waals surface area contributed by atoms with Crippen molar-refractivity contribution in [2.75, 3.05) is 6.61 Å². The molecule has 0 aliphatic rings. The number of esters is 1. The van der Waals surface area contributed by atoms with E-state index < -0.39 is 15.7 Å². The number of carbonyl (C=O) groups is 1. The Morgan fingerprint density at radius 1 is 1.21 bits per heavy atom. The van der Waals surface area contributed by atoms with Crippen molar-refractivity contribution in [3.8, 4) is 6.07 Å². The fourth-order valence-electron chi connectivity index (χ4n) is 2.60. The third-order valence-electron chi connectivity index (χ3n) is 4.13. The quantitative estimate of drug-likeness (QED) is 0.713. The van der Waals surface area contributed by atoms with Crippen LogP contribution in [-0.4, -0.2) is 21.5 Å². The molecule has 5 nitrogen and oxygen atoms in total. The molecule has 2 atom stereocenters. The van der Waals surface area contributed by atoms with Crippen LogP contribution in [-0.2, 0) is 22.1 Å². The van der Waals surface area contributed by atoms with Crippen LogP contribution < -0.4 is 4.72 Å². The fourth-order valence-corrected chi connectivity index (χ4v) is 3.43. The first-order valence-corrected chi connectivity index (χ1v) is 10.3. The van der Waals surface area contributed by atoms with Gasteiger partial charge < -0.3 is 4.74 Å². The van der Waals surface area contributed by atoms with Gasteiger partial charge in [0.2, 0.25) is 0 Å². The van der Waals surface area contributed by atoms with E-state index in [0.717, 1.165) is 11.1 Å². The van der Waals surface area contributed by atoms with Crippen molar-refractivity contribution < 1.29 is 13.7 Å². The second-order valence-corrected chi connectivity index (χ2v) is 9.41. The molecule has 0 fully saturated rings. The molecular formula is C22H26N2O3S. The third-order valence-corrected chi connectivity index (χ3v) is 5.74. The lowest BCUT2D eigenvalue weighted by Gasteiger charge is -2.25. The fraction of sp³-hybridized carbons (Fsp3) is 0.364. The summed E-state index contributed by atoms with van der Waals surface area (Å²) in [6.07, 6.45) is 0.543. The summed E-state index contributed by atoms with van der Waals surface area (Å²) in [5, 5.41) is 9.02. The van der Waals surface area contributed by atoms with Gasteiger partial charge in [-0.1, -0.05) is 24.3 Å². The van der Waals surface area contributed by atoms with E-state index in [9.17, 15) is 9.00 Å². The zero-order valence-electron chi connectivity index (χ0n) is 16.7. The van der Waals surface area contributed by atoms with E-state index in [4.69, 9.17) is 10.00 Å². The van der Waals surface area contributed by atoms with Gasteiger partial charge in [0, 0.05) is 6.04 Å². The van der Waals surface area contributed by atoms with Gasteiger partial charge in [-0.05, 0) is 69.5 Å². The van der Waals surface area contributed by atoms with E-state index >= 15 is 0 Å². The highest BCUT2D eigenvalue weighted by molar-refractivity contribution is 7.84. The number of hydrogen-bond donors (Lipinski definition) is 1. The molecule has 0 aliphatic heterocycles. The molecule has 1 N–H and O–H groups in total. The Hall–Kier alpha value is -2.49. The van der Waals surface area contributed by atoms with Gasteiger partial charge in [0.1, 0.15) is 0 Å². The largest absolute Gasteiger partial charge is 0.462 e. The molecule has 0 radical (unpaired) electrons. The average Bonchev–Trinajstić information content (AvgIpc) is 2.67. The molecule has 2 rings (SSSR count). The second-order valence-electron chi connectivity index (χ2n) is 7.41. The molecule has 0 spiro atoms. The number of carbonyl (C=O) groups excluding carboxylic acids is 1. The van der Waals surface area contributed by atoms with E-state index in [1.165, 1.54) is 0 Å². The van der Waals surface area contributed by atoms with Crippen molar-refractivity contribution in [3.05, 3.63) is 70.8 Å². The van der Waals surface area contributed by atoms with Crippen molar-refractivity contribution in [2.45, 2.75) is 44.9 Å². The molecule has 0 heterocycles. The van der Waals surface area contributed by atoms with Crippen LogP contribution in [0.1, 0.15) is 60.8 Å². The van der Waals surface area contributed by atoms with Crippen molar-refractivity contribution in [1.82, 2.24) is 4.72 Å². The average molecular weight is 399 g/mol. The minimum absolute atomic E-state index is 0.231. The molecule has 148 valence electrons. The zero-order chi connectivity index (χ0) is 20.7. The highest BCUT2D eigenvalue weighted by Gasteiger charge is 2.24. The van der Waals surface area contributed by atoms with Crippen LogP contribution in [0, 0.1) is 11.3 Å². The topological polar surface area (TPSA) is 79.2 Å². The van der Waals surface area contributed by atoms with Crippen molar-refractivity contribution in [1.29, 1.82) is 5.26 Å². The predicted molar refractivity (Wildman–Crippen MR) is 111 cm³/mol. The predicted octanol–water partition coefficient (Wildman–Crippen LogP) is 4.07. The van der Waals surface area contributed by atoms with E-state index in [1.807, 2.05) is 45.0 Å². The molecule has 0 aromatic heterocycles. The Kier molecular flexibility index (Phi) is 7.50. The Labute approximate surface area is 169 Å². The van der Waals surface area contributed by atoms with Crippen LogP contribution in [0.5, 0.6) is 0 Å². The van der Waals surface area contributed by atoms with E-state index in [1.54, 1.807) is 31.2 Å². The second kappa shape index (κ2) is 9.63. The van der Waals surface area contributed by atoms with Crippen LogP contribution in [0.25, 0.3) is 0 Å². The minimum atomic E-state index is -1.27. The molecule has 6 heteroatoms. The van der Waals surface area contributed by atoms with E-state index in [2.05, 4.69) is 10.8 Å². The van der Waals surface area contributed by atoms with Crippen molar-refractivity contribution in [3.63, 3.8) is 0 Å².